The smallest absolute Gasteiger partial charge is 0.0945 e. The Hall–Kier alpha value is -0.830. The summed E-state index contributed by atoms with van der Waals surface area (Å²) in [5.74, 6) is 0.749. The molecule has 16 heavy (non-hydrogen) atoms. The molecule has 3 nitrogen and oxygen atoms in total. The molecule has 0 saturated carbocycles. The number of aromatic nitrogens is 2. The molecule has 1 fully saturated rings. The maximum absolute atomic E-state index is 4.21. The summed E-state index contributed by atoms with van der Waals surface area (Å²) in [7, 11) is 2.08. The van der Waals surface area contributed by atoms with Crippen LogP contribution in [0.2, 0.25) is 0 Å². The second-order valence-electron chi connectivity index (χ2n) is 5.58. The molecule has 1 saturated heterocycles. The van der Waals surface area contributed by atoms with Crippen molar-refractivity contribution in [1.82, 2.24) is 14.9 Å². The van der Waals surface area contributed by atoms with Gasteiger partial charge in [0.05, 0.1) is 6.33 Å². The number of nitrogens with zero attached hydrogens (tertiary/aromatic N) is 2. The highest BCUT2D eigenvalue weighted by molar-refractivity contribution is 5.08. The number of aryl methyl sites for hydroxylation is 1. The number of hydrogen-bond donors (Lipinski definition) is 1. The van der Waals surface area contributed by atoms with Gasteiger partial charge in [0.15, 0.2) is 0 Å². The molecule has 0 aromatic carbocycles. The van der Waals surface area contributed by atoms with Gasteiger partial charge in [-0.3, -0.25) is 0 Å². The van der Waals surface area contributed by atoms with Crippen LogP contribution in [0.5, 0.6) is 0 Å². The topological polar surface area (TPSA) is 29.9 Å². The van der Waals surface area contributed by atoms with Gasteiger partial charge in [0.2, 0.25) is 0 Å². The van der Waals surface area contributed by atoms with Crippen LogP contribution in [0.25, 0.3) is 0 Å². The lowest BCUT2D eigenvalue weighted by Crippen LogP contribution is -2.43. The standard InChI is InChI=1S/C13H23N3/c1-11(2)7-13(5-4-6-15-13)8-12-9-14-10-16(12)3/h9-11,15H,4-8H2,1-3H3. The van der Waals surface area contributed by atoms with Crippen LogP contribution in [0.15, 0.2) is 12.5 Å². The van der Waals surface area contributed by atoms with E-state index in [0.29, 0.717) is 5.54 Å². The first-order valence-corrected chi connectivity index (χ1v) is 6.31. The second kappa shape index (κ2) is 4.58. The Morgan fingerprint density at radius 1 is 1.56 bits per heavy atom. The van der Waals surface area contributed by atoms with Crippen LogP contribution in [-0.4, -0.2) is 21.6 Å². The lowest BCUT2D eigenvalue weighted by molar-refractivity contribution is 0.297. The summed E-state index contributed by atoms with van der Waals surface area (Å²) in [6.45, 7) is 5.79. The van der Waals surface area contributed by atoms with Gasteiger partial charge in [0.25, 0.3) is 0 Å². The van der Waals surface area contributed by atoms with E-state index in [4.69, 9.17) is 0 Å². The Bertz CT molecular complexity index is 335. The fraction of sp³-hybridized carbons (Fsp3) is 0.769. The third-order valence-corrected chi connectivity index (χ3v) is 3.57. The summed E-state index contributed by atoms with van der Waals surface area (Å²) in [5.41, 5.74) is 1.66. The lowest BCUT2D eigenvalue weighted by Gasteiger charge is -2.31. The van der Waals surface area contributed by atoms with Gasteiger partial charge in [-0.25, -0.2) is 4.98 Å². The average Bonchev–Trinajstić information content (AvgIpc) is 2.77. The van der Waals surface area contributed by atoms with E-state index in [9.17, 15) is 0 Å². The van der Waals surface area contributed by atoms with Crippen molar-refractivity contribution in [2.45, 2.75) is 45.1 Å². The van der Waals surface area contributed by atoms with Crippen LogP contribution in [0.4, 0.5) is 0 Å². The van der Waals surface area contributed by atoms with Crippen LogP contribution in [0.1, 0.15) is 38.8 Å². The van der Waals surface area contributed by atoms with Gasteiger partial charge in [0.1, 0.15) is 0 Å². The van der Waals surface area contributed by atoms with E-state index in [2.05, 4.69) is 35.8 Å². The summed E-state index contributed by atoms with van der Waals surface area (Å²) >= 11 is 0. The fourth-order valence-electron chi connectivity index (χ4n) is 2.95. The van der Waals surface area contributed by atoms with Gasteiger partial charge >= 0.3 is 0 Å². The number of nitrogens with one attached hydrogen (secondary N) is 1. The molecule has 3 heteroatoms. The molecule has 1 unspecified atom stereocenters. The number of imidazole rings is 1. The van der Waals surface area contributed by atoms with Crippen molar-refractivity contribution in [3.8, 4) is 0 Å². The normalized spacial score (nSPS) is 25.5. The summed E-state index contributed by atoms with van der Waals surface area (Å²) < 4.78 is 2.14. The maximum atomic E-state index is 4.21. The van der Waals surface area contributed by atoms with Gasteiger partial charge in [-0.2, -0.15) is 0 Å². The van der Waals surface area contributed by atoms with Crippen molar-refractivity contribution in [3.63, 3.8) is 0 Å². The second-order valence-corrected chi connectivity index (χ2v) is 5.58. The molecule has 1 N–H and O–H groups in total. The highest BCUT2D eigenvalue weighted by Crippen LogP contribution is 2.30. The van der Waals surface area contributed by atoms with Crippen molar-refractivity contribution in [3.05, 3.63) is 18.2 Å². The van der Waals surface area contributed by atoms with E-state index in [1.54, 1.807) is 0 Å². The highest BCUT2D eigenvalue weighted by Gasteiger charge is 2.34. The van der Waals surface area contributed by atoms with Gasteiger partial charge in [-0.1, -0.05) is 13.8 Å². The van der Waals surface area contributed by atoms with Crippen molar-refractivity contribution in [2.24, 2.45) is 13.0 Å². The SMILES string of the molecule is CC(C)CC1(Cc2cncn2C)CCCN1. The van der Waals surface area contributed by atoms with Gasteiger partial charge < -0.3 is 9.88 Å². The minimum Gasteiger partial charge on any atom is -0.338 e. The predicted octanol–water partition coefficient (Wildman–Crippen LogP) is 2.13. The zero-order valence-electron chi connectivity index (χ0n) is 10.7. The number of rotatable bonds is 4. The third-order valence-electron chi connectivity index (χ3n) is 3.57. The molecule has 2 heterocycles. The zero-order chi connectivity index (χ0) is 11.6. The summed E-state index contributed by atoms with van der Waals surface area (Å²) in [6, 6.07) is 0. The molecular weight excluding hydrogens is 198 g/mol. The van der Waals surface area contributed by atoms with Crippen molar-refractivity contribution >= 4 is 0 Å². The minimum atomic E-state index is 0.321. The molecule has 90 valence electrons. The first kappa shape index (κ1) is 11.6. The molecule has 1 aromatic heterocycles. The summed E-state index contributed by atoms with van der Waals surface area (Å²) in [6.07, 6.45) is 8.89. The molecule has 2 rings (SSSR count). The van der Waals surface area contributed by atoms with Gasteiger partial charge in [0, 0.05) is 30.9 Å². The highest BCUT2D eigenvalue weighted by atomic mass is 15.0. The van der Waals surface area contributed by atoms with E-state index >= 15 is 0 Å². The van der Waals surface area contributed by atoms with Crippen LogP contribution in [0.3, 0.4) is 0 Å². The first-order chi connectivity index (χ1) is 7.61. The molecule has 0 aliphatic carbocycles. The molecule has 1 aromatic rings. The summed E-state index contributed by atoms with van der Waals surface area (Å²) in [4.78, 5) is 4.21. The molecule has 1 aliphatic heterocycles. The Morgan fingerprint density at radius 3 is 2.88 bits per heavy atom. The van der Waals surface area contributed by atoms with Crippen LogP contribution >= 0.6 is 0 Å². The average molecular weight is 221 g/mol. The minimum absolute atomic E-state index is 0.321. The molecule has 1 aliphatic rings. The lowest BCUT2D eigenvalue weighted by atomic mass is 9.83. The van der Waals surface area contributed by atoms with E-state index in [0.717, 1.165) is 12.3 Å². The maximum Gasteiger partial charge on any atom is 0.0945 e. The van der Waals surface area contributed by atoms with E-state index < -0.39 is 0 Å². The molecule has 1 atom stereocenters. The molecule has 0 bridgehead atoms. The van der Waals surface area contributed by atoms with Crippen LogP contribution in [0, 0.1) is 5.92 Å². The van der Waals surface area contributed by atoms with Crippen LogP contribution < -0.4 is 5.32 Å². The zero-order valence-corrected chi connectivity index (χ0v) is 10.7. The third kappa shape index (κ3) is 2.46. The van der Waals surface area contributed by atoms with Crippen molar-refractivity contribution in [2.75, 3.05) is 6.54 Å². The first-order valence-electron chi connectivity index (χ1n) is 6.31. The predicted molar refractivity (Wildman–Crippen MR) is 66.3 cm³/mol. The number of hydrogen-bond acceptors (Lipinski definition) is 2. The Kier molecular flexibility index (Phi) is 3.33. The van der Waals surface area contributed by atoms with E-state index in [1.807, 2.05) is 12.5 Å². The summed E-state index contributed by atoms with van der Waals surface area (Å²) in [5, 5.41) is 3.73. The van der Waals surface area contributed by atoms with Crippen LogP contribution in [-0.2, 0) is 13.5 Å². The molecular formula is C13H23N3. The Balaban J connectivity index is 2.11. The monoisotopic (exact) mass is 221 g/mol. The Labute approximate surface area is 98.3 Å². The molecule has 0 radical (unpaired) electrons. The van der Waals surface area contributed by atoms with Gasteiger partial charge in [-0.15, -0.1) is 0 Å². The molecule has 0 spiro atoms. The fourth-order valence-corrected chi connectivity index (χ4v) is 2.95. The van der Waals surface area contributed by atoms with Crippen molar-refractivity contribution in [1.29, 1.82) is 0 Å². The van der Waals surface area contributed by atoms with Gasteiger partial charge in [-0.05, 0) is 31.7 Å². The van der Waals surface area contributed by atoms with Crippen molar-refractivity contribution < 1.29 is 0 Å². The largest absolute Gasteiger partial charge is 0.338 e. The Morgan fingerprint density at radius 2 is 2.38 bits per heavy atom. The van der Waals surface area contributed by atoms with E-state index in [1.165, 1.54) is 31.5 Å². The quantitative estimate of drug-likeness (QED) is 0.844. The van der Waals surface area contributed by atoms with E-state index in [-0.39, 0.29) is 0 Å². The molecule has 0 amide bonds.